The number of nitrogens with one attached hydrogen (secondary N) is 1. The molecule has 1 amide bonds. The van der Waals surface area contributed by atoms with E-state index in [1.165, 1.54) is 32.1 Å². The van der Waals surface area contributed by atoms with Gasteiger partial charge in [0, 0.05) is 6.54 Å². The molecular formula is C15H31NO2. The number of hydrogen-bond acceptors (Lipinski definition) is 2. The molecule has 1 aliphatic rings. The van der Waals surface area contributed by atoms with Gasteiger partial charge in [-0.15, -0.1) is 0 Å². The van der Waals surface area contributed by atoms with Gasteiger partial charge in [-0.2, -0.15) is 0 Å². The highest BCUT2D eigenvalue weighted by Gasteiger charge is 2.17. The van der Waals surface area contributed by atoms with Crippen molar-refractivity contribution >= 4 is 6.09 Å². The summed E-state index contributed by atoms with van der Waals surface area (Å²) < 4.78 is 5.18. The minimum absolute atomic E-state index is 0.289. The predicted molar refractivity (Wildman–Crippen MR) is 76.8 cm³/mol. The number of ether oxygens (including phenoxy) is 1. The zero-order valence-electron chi connectivity index (χ0n) is 12.8. The maximum absolute atomic E-state index is 11.4. The second-order valence-corrected chi connectivity index (χ2v) is 5.72. The van der Waals surface area contributed by atoms with Gasteiger partial charge in [0.2, 0.25) is 0 Å². The van der Waals surface area contributed by atoms with Crippen molar-refractivity contribution in [3.05, 3.63) is 0 Å². The Balaban J connectivity index is 0.00000137. The van der Waals surface area contributed by atoms with Crippen LogP contribution in [0.3, 0.4) is 0 Å². The summed E-state index contributed by atoms with van der Waals surface area (Å²) in [5.74, 6) is 0.809. The molecule has 3 heteroatoms. The Bertz CT molecular complexity index is 215. The van der Waals surface area contributed by atoms with Crippen molar-refractivity contribution < 1.29 is 9.53 Å². The molecule has 1 rings (SSSR count). The Kier molecular flexibility index (Phi) is 8.86. The molecule has 0 aliphatic heterocycles. The summed E-state index contributed by atoms with van der Waals surface area (Å²) in [6.07, 6.45) is 7.57. The Morgan fingerprint density at radius 3 is 2.22 bits per heavy atom. The van der Waals surface area contributed by atoms with Gasteiger partial charge in [0.15, 0.2) is 0 Å². The second-order valence-electron chi connectivity index (χ2n) is 5.72. The summed E-state index contributed by atoms with van der Waals surface area (Å²) >= 11 is 0. The molecule has 1 aliphatic carbocycles. The van der Waals surface area contributed by atoms with Crippen molar-refractivity contribution in [3.63, 3.8) is 0 Å². The fourth-order valence-corrected chi connectivity index (χ4v) is 2.17. The molecule has 0 aromatic rings. The molecule has 1 fully saturated rings. The highest BCUT2D eigenvalue weighted by molar-refractivity contribution is 5.67. The quantitative estimate of drug-likeness (QED) is 0.808. The summed E-state index contributed by atoms with van der Waals surface area (Å²) in [6.45, 7) is 10.4. The lowest BCUT2D eigenvalue weighted by atomic mass is 9.87. The fraction of sp³-hybridized carbons (Fsp3) is 0.933. The maximum atomic E-state index is 11.4. The molecule has 0 spiro atoms. The number of carbonyl (C=O) groups is 1. The van der Waals surface area contributed by atoms with Crippen LogP contribution in [0.1, 0.15) is 73.1 Å². The molecule has 3 nitrogen and oxygen atoms in total. The molecule has 0 aromatic heterocycles. The van der Waals surface area contributed by atoms with E-state index in [9.17, 15) is 4.79 Å². The molecule has 0 heterocycles. The number of hydrogen-bond donors (Lipinski definition) is 1. The van der Waals surface area contributed by atoms with E-state index in [4.69, 9.17) is 4.74 Å². The smallest absolute Gasteiger partial charge is 0.407 e. The van der Waals surface area contributed by atoms with E-state index in [1.54, 1.807) is 0 Å². The molecule has 0 unspecified atom stereocenters. The van der Waals surface area contributed by atoms with Crippen LogP contribution in [-0.2, 0) is 4.74 Å². The highest BCUT2D eigenvalue weighted by atomic mass is 16.6. The van der Waals surface area contributed by atoms with E-state index >= 15 is 0 Å². The first-order valence-corrected chi connectivity index (χ1v) is 7.44. The van der Waals surface area contributed by atoms with Crippen LogP contribution in [0.4, 0.5) is 4.79 Å². The molecule has 0 saturated heterocycles. The first-order valence-electron chi connectivity index (χ1n) is 7.44. The van der Waals surface area contributed by atoms with Crippen LogP contribution in [0.25, 0.3) is 0 Å². The monoisotopic (exact) mass is 257 g/mol. The van der Waals surface area contributed by atoms with Gasteiger partial charge < -0.3 is 10.1 Å². The van der Waals surface area contributed by atoms with Gasteiger partial charge in [0.25, 0.3) is 0 Å². The molecular weight excluding hydrogens is 226 g/mol. The zero-order chi connectivity index (χ0) is 14.0. The van der Waals surface area contributed by atoms with Gasteiger partial charge in [0.05, 0.1) is 0 Å². The van der Waals surface area contributed by atoms with Crippen molar-refractivity contribution in [2.75, 3.05) is 6.54 Å². The number of rotatable bonds is 3. The molecule has 1 saturated carbocycles. The zero-order valence-corrected chi connectivity index (χ0v) is 12.8. The Labute approximate surface area is 113 Å². The van der Waals surface area contributed by atoms with E-state index < -0.39 is 5.60 Å². The maximum Gasteiger partial charge on any atom is 0.407 e. The third-order valence-electron chi connectivity index (χ3n) is 2.95. The van der Waals surface area contributed by atoms with Gasteiger partial charge in [-0.1, -0.05) is 46.0 Å². The summed E-state index contributed by atoms with van der Waals surface area (Å²) in [5, 5.41) is 2.83. The first-order chi connectivity index (χ1) is 8.47. The van der Waals surface area contributed by atoms with Crippen LogP contribution in [0, 0.1) is 5.92 Å². The van der Waals surface area contributed by atoms with Gasteiger partial charge >= 0.3 is 6.09 Å². The summed E-state index contributed by atoms with van der Waals surface area (Å²) in [5.41, 5.74) is -0.394. The second kappa shape index (κ2) is 9.23. The molecule has 1 N–H and O–H groups in total. The Morgan fingerprint density at radius 1 is 1.17 bits per heavy atom. The van der Waals surface area contributed by atoms with E-state index in [-0.39, 0.29) is 6.09 Å². The third kappa shape index (κ3) is 9.32. The molecule has 108 valence electrons. The molecule has 18 heavy (non-hydrogen) atoms. The predicted octanol–water partition coefficient (Wildman–Crippen LogP) is 4.51. The molecule has 0 radical (unpaired) electrons. The summed E-state index contributed by atoms with van der Waals surface area (Å²) in [4.78, 5) is 11.4. The van der Waals surface area contributed by atoms with Crippen LogP contribution in [-0.4, -0.2) is 18.2 Å². The van der Waals surface area contributed by atoms with Crippen LogP contribution < -0.4 is 5.32 Å². The van der Waals surface area contributed by atoms with Gasteiger partial charge in [-0.3, -0.25) is 0 Å². The molecule has 0 bridgehead atoms. The minimum atomic E-state index is -0.394. The minimum Gasteiger partial charge on any atom is -0.444 e. The van der Waals surface area contributed by atoms with Gasteiger partial charge in [0.1, 0.15) is 5.60 Å². The lowest BCUT2D eigenvalue weighted by molar-refractivity contribution is 0.0524. The third-order valence-corrected chi connectivity index (χ3v) is 2.95. The lowest BCUT2D eigenvalue weighted by Gasteiger charge is -2.22. The largest absolute Gasteiger partial charge is 0.444 e. The van der Waals surface area contributed by atoms with Crippen LogP contribution in [0.15, 0.2) is 0 Å². The average Bonchev–Trinajstić information content (AvgIpc) is 2.31. The van der Waals surface area contributed by atoms with E-state index in [0.29, 0.717) is 0 Å². The molecule has 0 atom stereocenters. The lowest BCUT2D eigenvalue weighted by Crippen LogP contribution is -2.33. The van der Waals surface area contributed by atoms with Crippen molar-refractivity contribution in [2.24, 2.45) is 5.92 Å². The number of alkyl carbamates (subject to hydrolysis) is 1. The fourth-order valence-electron chi connectivity index (χ4n) is 2.17. The Hall–Kier alpha value is -0.730. The van der Waals surface area contributed by atoms with Crippen molar-refractivity contribution in [2.45, 2.75) is 78.7 Å². The van der Waals surface area contributed by atoms with Crippen molar-refractivity contribution in [1.82, 2.24) is 5.32 Å². The number of carbonyl (C=O) groups excluding carboxylic acids is 1. The van der Waals surface area contributed by atoms with E-state index in [1.807, 2.05) is 34.6 Å². The normalized spacial score (nSPS) is 16.5. The van der Waals surface area contributed by atoms with Gasteiger partial charge in [-0.25, -0.2) is 4.79 Å². The van der Waals surface area contributed by atoms with E-state index in [0.717, 1.165) is 18.9 Å². The van der Waals surface area contributed by atoms with Crippen molar-refractivity contribution in [3.8, 4) is 0 Å². The van der Waals surface area contributed by atoms with Crippen molar-refractivity contribution in [1.29, 1.82) is 0 Å². The standard InChI is InChI=1S/C13H25NO2.C2H6/c1-13(2,3)16-12(15)14-10-9-11-7-5-4-6-8-11;1-2/h11H,4-10H2,1-3H3,(H,14,15);1-2H3. The van der Waals surface area contributed by atoms with Crippen LogP contribution in [0.5, 0.6) is 0 Å². The van der Waals surface area contributed by atoms with E-state index in [2.05, 4.69) is 5.32 Å². The average molecular weight is 257 g/mol. The summed E-state index contributed by atoms with van der Waals surface area (Å²) in [6, 6.07) is 0. The molecule has 0 aromatic carbocycles. The number of amides is 1. The summed E-state index contributed by atoms with van der Waals surface area (Å²) in [7, 11) is 0. The topological polar surface area (TPSA) is 38.3 Å². The van der Waals surface area contributed by atoms with Crippen LogP contribution >= 0.6 is 0 Å². The highest BCUT2D eigenvalue weighted by Crippen LogP contribution is 2.25. The Morgan fingerprint density at radius 2 is 1.72 bits per heavy atom. The SMILES string of the molecule is CC.CC(C)(C)OC(=O)NCCC1CCCCC1. The first kappa shape index (κ1) is 17.3. The van der Waals surface area contributed by atoms with Gasteiger partial charge in [-0.05, 0) is 33.1 Å². The van der Waals surface area contributed by atoms with Crippen LogP contribution in [0.2, 0.25) is 0 Å².